The van der Waals surface area contributed by atoms with Crippen LogP contribution in [0.3, 0.4) is 0 Å². The highest BCUT2D eigenvalue weighted by atomic mass is 15.3. The summed E-state index contributed by atoms with van der Waals surface area (Å²) in [5.41, 5.74) is 2.50. The van der Waals surface area contributed by atoms with Crippen molar-refractivity contribution in [3.05, 3.63) is 42.1 Å². The van der Waals surface area contributed by atoms with E-state index in [0.717, 1.165) is 11.3 Å². The number of aryl methyl sites for hydroxylation is 1. The molecule has 3 heteroatoms. The zero-order valence-electron chi connectivity index (χ0n) is 7.81. The summed E-state index contributed by atoms with van der Waals surface area (Å²) < 4.78 is 1.72. The first kappa shape index (κ1) is 8.52. The largest absolute Gasteiger partial charge is 0.267 e. The molecule has 14 heavy (non-hydrogen) atoms. The lowest BCUT2D eigenvalue weighted by Crippen LogP contribution is -1.94. The lowest BCUT2D eigenvalue weighted by atomic mass is 10.1. The highest BCUT2D eigenvalue weighted by Gasteiger charge is 2.08. The normalized spacial score (nSPS) is 9.71. The summed E-state index contributed by atoms with van der Waals surface area (Å²) in [6.07, 6.45) is 1.59. The summed E-state index contributed by atoms with van der Waals surface area (Å²) in [4.78, 5) is 0. The maximum Gasteiger partial charge on any atom is 0.103 e. The minimum Gasteiger partial charge on any atom is -0.267 e. The van der Waals surface area contributed by atoms with Crippen molar-refractivity contribution in [2.24, 2.45) is 7.05 Å². The van der Waals surface area contributed by atoms with Gasteiger partial charge in [0.25, 0.3) is 0 Å². The van der Waals surface area contributed by atoms with Crippen LogP contribution in [-0.4, -0.2) is 9.78 Å². The fourth-order valence-electron chi connectivity index (χ4n) is 1.46. The molecule has 1 heterocycles. The van der Waals surface area contributed by atoms with E-state index in [2.05, 4.69) is 11.2 Å². The van der Waals surface area contributed by atoms with Crippen molar-refractivity contribution >= 4 is 0 Å². The van der Waals surface area contributed by atoms with Crippen LogP contribution in [0.1, 0.15) is 5.56 Å². The summed E-state index contributed by atoms with van der Waals surface area (Å²) in [5, 5.41) is 12.9. The van der Waals surface area contributed by atoms with E-state index >= 15 is 0 Å². The Morgan fingerprint density at radius 2 is 2.00 bits per heavy atom. The van der Waals surface area contributed by atoms with Crippen LogP contribution in [-0.2, 0) is 7.05 Å². The molecular weight excluding hydrogens is 174 g/mol. The topological polar surface area (TPSA) is 41.6 Å². The summed E-state index contributed by atoms with van der Waals surface area (Å²) in [5.74, 6) is 0. The Morgan fingerprint density at radius 1 is 1.29 bits per heavy atom. The van der Waals surface area contributed by atoms with Gasteiger partial charge < -0.3 is 0 Å². The molecule has 2 aromatic rings. The Kier molecular flexibility index (Phi) is 2.04. The summed E-state index contributed by atoms with van der Waals surface area (Å²) in [6.45, 7) is 0. The van der Waals surface area contributed by atoms with Gasteiger partial charge >= 0.3 is 0 Å². The molecule has 68 valence electrons. The van der Waals surface area contributed by atoms with E-state index in [1.165, 1.54) is 0 Å². The van der Waals surface area contributed by atoms with E-state index in [-0.39, 0.29) is 0 Å². The molecule has 0 N–H and O–H groups in total. The second-order valence-electron chi connectivity index (χ2n) is 3.01. The first-order chi connectivity index (χ1) is 6.83. The molecule has 3 nitrogen and oxygen atoms in total. The maximum absolute atomic E-state index is 8.89. The Balaban J connectivity index is 2.63. The minimum atomic E-state index is 0.610. The molecule has 1 aromatic heterocycles. The van der Waals surface area contributed by atoms with Crippen LogP contribution in [0.4, 0.5) is 0 Å². The molecule has 0 spiro atoms. The van der Waals surface area contributed by atoms with Gasteiger partial charge in [0.1, 0.15) is 6.07 Å². The zero-order valence-corrected chi connectivity index (χ0v) is 7.81. The molecule has 0 radical (unpaired) electrons. The quantitative estimate of drug-likeness (QED) is 0.678. The molecule has 0 aliphatic rings. The van der Waals surface area contributed by atoms with Gasteiger partial charge in [-0.3, -0.25) is 4.68 Å². The van der Waals surface area contributed by atoms with Crippen LogP contribution in [0.15, 0.2) is 36.5 Å². The second-order valence-corrected chi connectivity index (χ2v) is 3.01. The Hall–Kier alpha value is -2.08. The van der Waals surface area contributed by atoms with E-state index in [1.807, 2.05) is 37.4 Å². The number of benzene rings is 1. The molecule has 0 bridgehead atoms. The van der Waals surface area contributed by atoms with Gasteiger partial charge in [-0.25, -0.2) is 0 Å². The smallest absolute Gasteiger partial charge is 0.103 e. The molecule has 0 amide bonds. The van der Waals surface area contributed by atoms with Gasteiger partial charge in [-0.1, -0.05) is 30.3 Å². The third-order valence-corrected chi connectivity index (χ3v) is 2.11. The molecular formula is C11H9N3. The molecule has 0 saturated carbocycles. The van der Waals surface area contributed by atoms with E-state index in [4.69, 9.17) is 5.26 Å². The number of nitrogens with zero attached hydrogens (tertiary/aromatic N) is 3. The van der Waals surface area contributed by atoms with Crippen LogP contribution >= 0.6 is 0 Å². The summed E-state index contributed by atoms with van der Waals surface area (Å²) >= 11 is 0. The predicted molar refractivity (Wildman–Crippen MR) is 53.4 cm³/mol. The highest BCUT2D eigenvalue weighted by molar-refractivity contribution is 5.66. The van der Waals surface area contributed by atoms with Crippen molar-refractivity contribution in [2.75, 3.05) is 0 Å². The Morgan fingerprint density at radius 3 is 2.64 bits per heavy atom. The predicted octanol–water partition coefficient (Wildman–Crippen LogP) is 1.96. The summed E-state index contributed by atoms with van der Waals surface area (Å²) in [6, 6.07) is 11.9. The SMILES string of the molecule is Cn1ncc(C#N)c1-c1ccccc1. The number of nitriles is 1. The molecule has 1 aromatic carbocycles. The molecule has 0 unspecified atom stereocenters. The molecule has 0 aliphatic carbocycles. The van der Waals surface area contributed by atoms with Crippen molar-refractivity contribution in [3.8, 4) is 17.3 Å². The lowest BCUT2D eigenvalue weighted by Gasteiger charge is -2.01. The Labute approximate surface area is 82.2 Å². The van der Waals surface area contributed by atoms with Crippen LogP contribution in [0, 0.1) is 11.3 Å². The van der Waals surface area contributed by atoms with Gasteiger partial charge in [0.2, 0.25) is 0 Å². The second kappa shape index (κ2) is 3.35. The zero-order chi connectivity index (χ0) is 9.97. The van der Waals surface area contributed by atoms with Crippen molar-refractivity contribution in [1.82, 2.24) is 9.78 Å². The fraction of sp³-hybridized carbons (Fsp3) is 0.0909. The molecule has 0 aliphatic heterocycles. The van der Waals surface area contributed by atoms with Crippen molar-refractivity contribution in [2.45, 2.75) is 0 Å². The lowest BCUT2D eigenvalue weighted by molar-refractivity contribution is 0.776. The van der Waals surface area contributed by atoms with Gasteiger partial charge in [-0.05, 0) is 0 Å². The van der Waals surface area contributed by atoms with Gasteiger partial charge in [0.15, 0.2) is 0 Å². The minimum absolute atomic E-state index is 0.610. The van der Waals surface area contributed by atoms with Crippen molar-refractivity contribution in [1.29, 1.82) is 5.26 Å². The van der Waals surface area contributed by atoms with Crippen LogP contribution < -0.4 is 0 Å². The molecule has 0 atom stereocenters. The number of aromatic nitrogens is 2. The molecule has 0 saturated heterocycles. The van der Waals surface area contributed by atoms with Gasteiger partial charge in [-0.15, -0.1) is 0 Å². The number of hydrogen-bond acceptors (Lipinski definition) is 2. The number of rotatable bonds is 1. The van der Waals surface area contributed by atoms with E-state index in [9.17, 15) is 0 Å². The third-order valence-electron chi connectivity index (χ3n) is 2.11. The monoisotopic (exact) mass is 183 g/mol. The van der Waals surface area contributed by atoms with E-state index < -0.39 is 0 Å². The first-order valence-corrected chi connectivity index (χ1v) is 4.30. The van der Waals surface area contributed by atoms with Crippen molar-refractivity contribution in [3.63, 3.8) is 0 Å². The van der Waals surface area contributed by atoms with Crippen LogP contribution in [0.2, 0.25) is 0 Å². The van der Waals surface area contributed by atoms with Crippen LogP contribution in [0.25, 0.3) is 11.3 Å². The Bertz CT molecular complexity index is 477. The van der Waals surface area contributed by atoms with Crippen LogP contribution in [0.5, 0.6) is 0 Å². The van der Waals surface area contributed by atoms with Gasteiger partial charge in [-0.2, -0.15) is 10.4 Å². The average molecular weight is 183 g/mol. The van der Waals surface area contributed by atoms with E-state index in [1.54, 1.807) is 10.9 Å². The fourth-order valence-corrected chi connectivity index (χ4v) is 1.46. The standard InChI is InChI=1S/C11H9N3/c1-14-11(10(7-12)8-13-14)9-5-3-2-4-6-9/h2-6,8H,1H3. The van der Waals surface area contributed by atoms with Gasteiger partial charge in [0.05, 0.1) is 17.5 Å². The average Bonchev–Trinajstić information content (AvgIpc) is 2.61. The summed E-state index contributed by atoms with van der Waals surface area (Å²) in [7, 11) is 1.84. The first-order valence-electron chi connectivity index (χ1n) is 4.30. The highest BCUT2D eigenvalue weighted by Crippen LogP contribution is 2.21. The van der Waals surface area contributed by atoms with Gasteiger partial charge in [0, 0.05) is 12.6 Å². The maximum atomic E-state index is 8.89. The van der Waals surface area contributed by atoms with E-state index in [0.29, 0.717) is 5.56 Å². The van der Waals surface area contributed by atoms with Crippen molar-refractivity contribution < 1.29 is 0 Å². The third kappa shape index (κ3) is 1.27. The molecule has 2 rings (SSSR count). The molecule has 0 fully saturated rings. The number of hydrogen-bond donors (Lipinski definition) is 0.